The first-order valence-electron chi connectivity index (χ1n) is 7.88. The maximum Gasteiger partial charge on any atom is 0.346 e. The number of hydrogen-bond donors (Lipinski definition) is 1. The first-order valence-corrected chi connectivity index (χ1v) is 7.88. The van der Waals surface area contributed by atoms with Crippen molar-refractivity contribution >= 4 is 11.8 Å². The van der Waals surface area contributed by atoms with Crippen LogP contribution in [0.2, 0.25) is 0 Å². The maximum absolute atomic E-state index is 12.3. The summed E-state index contributed by atoms with van der Waals surface area (Å²) < 4.78 is 5.56. The van der Waals surface area contributed by atoms with Crippen LogP contribution in [-0.2, 0) is 4.79 Å². The van der Waals surface area contributed by atoms with Gasteiger partial charge in [-0.3, -0.25) is 9.69 Å². The molecule has 1 N–H and O–H groups in total. The first-order chi connectivity index (χ1) is 11.5. The second-order valence-corrected chi connectivity index (χ2v) is 5.97. The molecule has 1 aliphatic rings. The molecule has 5 heteroatoms. The van der Waals surface area contributed by atoms with Gasteiger partial charge in [0.25, 0.3) is 0 Å². The molecular formula is C19H19NO4. The molecule has 124 valence electrons. The van der Waals surface area contributed by atoms with Crippen molar-refractivity contribution in [2.24, 2.45) is 0 Å². The number of hydrogen-bond acceptors (Lipinski definition) is 4. The summed E-state index contributed by atoms with van der Waals surface area (Å²) in [7, 11) is 0. The van der Waals surface area contributed by atoms with Gasteiger partial charge in [0, 0.05) is 30.3 Å². The Morgan fingerprint density at radius 2 is 1.71 bits per heavy atom. The summed E-state index contributed by atoms with van der Waals surface area (Å²) in [5.41, 5.74) is 1.16. The van der Waals surface area contributed by atoms with Gasteiger partial charge >= 0.3 is 5.97 Å². The Kier molecular flexibility index (Phi) is 4.62. The summed E-state index contributed by atoms with van der Waals surface area (Å²) in [6.45, 7) is 3.31. The lowest BCUT2D eigenvalue weighted by Gasteiger charge is -2.16. The number of rotatable bonds is 7. The van der Waals surface area contributed by atoms with E-state index in [1.54, 1.807) is 36.4 Å². The van der Waals surface area contributed by atoms with Crippen LogP contribution in [0.3, 0.4) is 0 Å². The third-order valence-corrected chi connectivity index (χ3v) is 4.10. The average molecular weight is 325 g/mol. The molecule has 0 spiro atoms. The molecule has 3 rings (SSSR count). The van der Waals surface area contributed by atoms with Crippen LogP contribution in [0.4, 0.5) is 0 Å². The fourth-order valence-electron chi connectivity index (χ4n) is 2.53. The zero-order chi connectivity index (χ0) is 17.1. The first kappa shape index (κ1) is 16.2. The van der Waals surface area contributed by atoms with Gasteiger partial charge in [0.15, 0.2) is 5.78 Å². The van der Waals surface area contributed by atoms with E-state index < -0.39 is 12.1 Å². The summed E-state index contributed by atoms with van der Waals surface area (Å²) in [6, 6.07) is 16.0. The Morgan fingerprint density at radius 3 is 2.25 bits per heavy atom. The number of benzene rings is 2. The zero-order valence-corrected chi connectivity index (χ0v) is 13.4. The fraction of sp³-hybridized carbons (Fsp3) is 0.263. The Bertz CT molecular complexity index is 727. The van der Waals surface area contributed by atoms with Crippen molar-refractivity contribution in [3.05, 3.63) is 65.7 Å². The number of carbonyl (C=O) groups is 2. The van der Waals surface area contributed by atoms with Gasteiger partial charge in [0.2, 0.25) is 6.10 Å². The summed E-state index contributed by atoms with van der Waals surface area (Å²) in [4.78, 5) is 25.7. The monoisotopic (exact) mass is 325 g/mol. The molecule has 0 saturated carbocycles. The van der Waals surface area contributed by atoms with E-state index in [2.05, 4.69) is 0 Å². The molecule has 3 atom stereocenters. The molecule has 1 heterocycles. The van der Waals surface area contributed by atoms with Gasteiger partial charge in [-0.15, -0.1) is 0 Å². The van der Waals surface area contributed by atoms with Crippen molar-refractivity contribution in [2.75, 3.05) is 13.1 Å². The molecule has 3 unspecified atom stereocenters. The van der Waals surface area contributed by atoms with Crippen LogP contribution in [0.25, 0.3) is 0 Å². The van der Waals surface area contributed by atoms with Crippen molar-refractivity contribution < 1.29 is 19.4 Å². The lowest BCUT2D eigenvalue weighted by Crippen LogP contribution is -2.34. The molecule has 0 aromatic heterocycles. The number of carbonyl (C=O) groups excluding carboxylic acids is 1. The quantitative estimate of drug-likeness (QED) is 0.626. The normalized spacial score (nSPS) is 20.2. The van der Waals surface area contributed by atoms with E-state index in [9.17, 15) is 14.7 Å². The highest BCUT2D eigenvalue weighted by Gasteiger charge is 2.34. The van der Waals surface area contributed by atoms with Crippen LogP contribution in [0.15, 0.2) is 54.6 Å². The second-order valence-electron chi connectivity index (χ2n) is 5.97. The molecule has 0 amide bonds. The molecule has 0 aliphatic carbocycles. The minimum atomic E-state index is -0.987. The van der Waals surface area contributed by atoms with E-state index in [1.165, 1.54) is 0 Å². The number of carboxylic acids is 1. The van der Waals surface area contributed by atoms with Gasteiger partial charge in [-0.25, -0.2) is 4.79 Å². The minimum absolute atomic E-state index is 0.0742. The molecule has 2 aromatic rings. The van der Waals surface area contributed by atoms with Crippen LogP contribution in [0, 0.1) is 0 Å². The van der Waals surface area contributed by atoms with Crippen molar-refractivity contribution in [3.63, 3.8) is 0 Å². The summed E-state index contributed by atoms with van der Waals surface area (Å²) >= 11 is 0. The van der Waals surface area contributed by atoms with E-state index in [0.717, 1.165) is 6.54 Å². The predicted octanol–water partition coefficient (Wildman–Crippen LogP) is 2.45. The van der Waals surface area contributed by atoms with E-state index in [1.807, 2.05) is 30.0 Å². The number of ketones is 1. The van der Waals surface area contributed by atoms with Crippen LogP contribution in [-0.4, -0.2) is 47.0 Å². The van der Waals surface area contributed by atoms with Gasteiger partial charge < -0.3 is 9.84 Å². The molecule has 5 nitrogen and oxygen atoms in total. The smallest absolute Gasteiger partial charge is 0.346 e. The van der Waals surface area contributed by atoms with E-state index >= 15 is 0 Å². The SMILES string of the molecule is CC1CN1CC(Oc1ccc(C(=O)c2ccccc2)cc1)C(=O)O. The molecule has 24 heavy (non-hydrogen) atoms. The Morgan fingerprint density at radius 1 is 1.12 bits per heavy atom. The van der Waals surface area contributed by atoms with Gasteiger partial charge in [-0.05, 0) is 31.2 Å². The van der Waals surface area contributed by atoms with Crippen LogP contribution >= 0.6 is 0 Å². The summed E-state index contributed by atoms with van der Waals surface area (Å²) in [5.74, 6) is -0.616. The molecule has 1 fully saturated rings. The lowest BCUT2D eigenvalue weighted by atomic mass is 10.0. The zero-order valence-electron chi connectivity index (χ0n) is 13.4. The second kappa shape index (κ2) is 6.84. The number of aliphatic carboxylic acids is 1. The third kappa shape index (κ3) is 3.81. The molecule has 0 radical (unpaired) electrons. The summed E-state index contributed by atoms with van der Waals surface area (Å²) in [5, 5.41) is 9.28. The van der Waals surface area contributed by atoms with Crippen molar-refractivity contribution in [3.8, 4) is 5.75 Å². The van der Waals surface area contributed by atoms with Crippen LogP contribution in [0.1, 0.15) is 22.8 Å². The standard InChI is InChI=1S/C19H19NO4/c1-13-11-20(13)12-17(19(22)23)24-16-9-7-15(8-10-16)18(21)14-5-3-2-4-6-14/h2-10,13,17H,11-12H2,1H3,(H,22,23). The molecule has 0 bridgehead atoms. The lowest BCUT2D eigenvalue weighted by molar-refractivity contribution is -0.145. The van der Waals surface area contributed by atoms with Crippen LogP contribution < -0.4 is 4.74 Å². The highest BCUT2D eigenvalue weighted by Crippen LogP contribution is 2.20. The van der Waals surface area contributed by atoms with Crippen molar-refractivity contribution in [1.29, 1.82) is 0 Å². The Hall–Kier alpha value is -2.66. The topological polar surface area (TPSA) is 66.6 Å². The van der Waals surface area contributed by atoms with E-state index in [-0.39, 0.29) is 5.78 Å². The number of ether oxygens (including phenoxy) is 1. The Balaban J connectivity index is 1.67. The van der Waals surface area contributed by atoms with Gasteiger partial charge in [0.1, 0.15) is 5.75 Å². The van der Waals surface area contributed by atoms with Crippen LogP contribution in [0.5, 0.6) is 5.75 Å². The average Bonchev–Trinajstić information content (AvgIpc) is 3.30. The maximum atomic E-state index is 12.3. The number of carboxylic acid groups (broad SMARTS) is 1. The predicted molar refractivity (Wildman–Crippen MR) is 89.4 cm³/mol. The van der Waals surface area contributed by atoms with Crippen molar-refractivity contribution in [1.82, 2.24) is 4.90 Å². The summed E-state index contributed by atoms with van der Waals surface area (Å²) in [6.07, 6.45) is -0.911. The highest BCUT2D eigenvalue weighted by atomic mass is 16.5. The third-order valence-electron chi connectivity index (χ3n) is 4.10. The van der Waals surface area contributed by atoms with Gasteiger partial charge in [-0.1, -0.05) is 30.3 Å². The van der Waals surface area contributed by atoms with E-state index in [4.69, 9.17) is 4.74 Å². The molecular weight excluding hydrogens is 306 g/mol. The van der Waals surface area contributed by atoms with Gasteiger partial charge in [0.05, 0.1) is 0 Å². The number of nitrogens with zero attached hydrogens (tertiary/aromatic N) is 1. The molecule has 1 saturated heterocycles. The van der Waals surface area contributed by atoms with E-state index in [0.29, 0.717) is 29.5 Å². The Labute approximate surface area is 140 Å². The minimum Gasteiger partial charge on any atom is -0.478 e. The highest BCUT2D eigenvalue weighted by molar-refractivity contribution is 6.08. The van der Waals surface area contributed by atoms with Gasteiger partial charge in [-0.2, -0.15) is 0 Å². The molecule has 1 aliphatic heterocycles. The van der Waals surface area contributed by atoms with Crippen molar-refractivity contribution in [2.45, 2.75) is 19.1 Å². The fourth-order valence-corrected chi connectivity index (χ4v) is 2.53. The molecule has 2 aromatic carbocycles. The largest absolute Gasteiger partial charge is 0.478 e.